The van der Waals surface area contributed by atoms with E-state index in [2.05, 4.69) is 20.2 Å². The fraction of sp³-hybridized carbons (Fsp3) is 0. The maximum atomic E-state index is 2.68. The van der Waals surface area contributed by atoms with Crippen LogP contribution in [-0.4, -0.2) is 16.4 Å². The number of hydrogen-bond donors (Lipinski definition) is 0. The summed E-state index contributed by atoms with van der Waals surface area (Å²) >= 11 is 0. The molecular weight excluding hydrogens is 129 g/mol. The Morgan fingerprint density at radius 2 is 2.50 bits per heavy atom. The second-order valence-electron chi connectivity index (χ2n) is 0.948. The predicted octanol–water partition coefficient (Wildman–Crippen LogP) is 1.46. The highest BCUT2D eigenvalue weighted by atomic mass is 31.1. The van der Waals surface area contributed by atoms with Crippen LogP contribution in [0.25, 0.3) is 0 Å². The van der Waals surface area contributed by atoms with Crippen molar-refractivity contribution >= 4 is 41.6 Å². The van der Waals surface area contributed by atoms with Crippen molar-refractivity contribution in [1.29, 1.82) is 0 Å². The SMILES string of the molecule is [PH2+]=C1C=PC=P1. The summed E-state index contributed by atoms with van der Waals surface area (Å²) in [6.45, 7) is 0. The van der Waals surface area contributed by atoms with Crippen LogP contribution >= 0.6 is 25.3 Å². The average Bonchev–Trinajstić information content (AvgIpc) is 1.86. The van der Waals surface area contributed by atoms with Gasteiger partial charge < -0.3 is 0 Å². The molecular formula is C3H4P3+. The summed E-state index contributed by atoms with van der Waals surface area (Å²) < 4.78 is 0. The lowest BCUT2D eigenvalue weighted by molar-refractivity contribution is 3.69. The summed E-state index contributed by atoms with van der Waals surface area (Å²) in [5.41, 5.74) is 2.21. The highest BCUT2D eigenvalue weighted by Gasteiger charge is 1.91. The fourth-order valence-corrected chi connectivity index (χ4v) is 2.79. The summed E-state index contributed by atoms with van der Waals surface area (Å²) in [5, 5.41) is 1.40. The van der Waals surface area contributed by atoms with E-state index in [4.69, 9.17) is 0 Å². The summed E-state index contributed by atoms with van der Waals surface area (Å²) in [4.78, 5) is 0. The van der Waals surface area contributed by atoms with Crippen molar-refractivity contribution in [2.45, 2.75) is 0 Å². The molecule has 0 radical (unpaired) electrons. The minimum atomic E-state index is 1.37. The van der Waals surface area contributed by atoms with Crippen molar-refractivity contribution in [2.24, 2.45) is 0 Å². The highest BCUT2D eigenvalue weighted by molar-refractivity contribution is 7.90. The smallest absolute Gasteiger partial charge is 0.0663 e. The Bertz CT molecular complexity index is 108. The first-order valence-corrected chi connectivity index (χ1v) is 4.15. The van der Waals surface area contributed by atoms with Gasteiger partial charge in [-0.3, -0.25) is 0 Å². The Kier molecular flexibility index (Phi) is 1.54. The number of hydrogen-bond acceptors (Lipinski definition) is 0. The molecule has 0 fully saturated rings. The lowest BCUT2D eigenvalue weighted by atomic mass is 11.0. The molecule has 0 bridgehead atoms. The molecule has 0 aromatic heterocycles. The van der Waals surface area contributed by atoms with Crippen molar-refractivity contribution in [3.63, 3.8) is 0 Å². The maximum absolute atomic E-state index is 2.68. The maximum Gasteiger partial charge on any atom is 0.168 e. The van der Waals surface area contributed by atoms with Gasteiger partial charge >= 0.3 is 0 Å². The first-order chi connectivity index (χ1) is 2.89. The second-order valence-corrected chi connectivity index (χ2v) is 4.31. The van der Waals surface area contributed by atoms with Crippen LogP contribution in [0.3, 0.4) is 0 Å². The third-order valence-electron chi connectivity index (χ3n) is 0.480. The van der Waals surface area contributed by atoms with Crippen molar-refractivity contribution in [3.05, 3.63) is 0 Å². The molecule has 1 heterocycles. The predicted molar refractivity (Wildman–Crippen MR) is 40.7 cm³/mol. The molecule has 6 heavy (non-hydrogen) atoms. The molecule has 0 aliphatic carbocycles. The zero-order valence-corrected chi connectivity index (χ0v) is 6.07. The van der Waals surface area contributed by atoms with E-state index in [1.165, 1.54) is 21.4 Å². The van der Waals surface area contributed by atoms with E-state index in [0.717, 1.165) is 0 Å². The molecule has 0 saturated heterocycles. The van der Waals surface area contributed by atoms with Crippen LogP contribution in [0.2, 0.25) is 0 Å². The zero-order chi connectivity index (χ0) is 4.41. The average molecular weight is 133 g/mol. The molecule has 0 nitrogen and oxygen atoms in total. The first kappa shape index (κ1) is 4.66. The van der Waals surface area contributed by atoms with Crippen molar-refractivity contribution in [3.8, 4) is 0 Å². The number of rotatable bonds is 0. The van der Waals surface area contributed by atoms with Crippen LogP contribution in [0.15, 0.2) is 0 Å². The summed E-state index contributed by atoms with van der Waals surface area (Å²) in [5.74, 6) is 2.19. The standard InChI is InChI=1S/C3H3P3/c4-3-1-5-2-6-3/h1-2,4H/p+1. The topological polar surface area (TPSA) is 0 Å². The normalized spacial score (nSPS) is 22.3. The van der Waals surface area contributed by atoms with Crippen molar-refractivity contribution < 1.29 is 0 Å². The Morgan fingerprint density at radius 3 is 2.67 bits per heavy atom. The molecule has 0 aromatic carbocycles. The van der Waals surface area contributed by atoms with E-state index >= 15 is 0 Å². The molecule has 0 spiro atoms. The van der Waals surface area contributed by atoms with Crippen molar-refractivity contribution in [2.75, 3.05) is 0 Å². The van der Waals surface area contributed by atoms with Crippen LogP contribution in [-0.2, 0) is 0 Å². The molecule has 1 aliphatic heterocycles. The minimum Gasteiger partial charge on any atom is -0.0663 e. The summed E-state index contributed by atoms with van der Waals surface area (Å²) in [7, 11) is 5.43. The van der Waals surface area contributed by atoms with Gasteiger partial charge in [0.05, 0.1) is 8.86 Å². The molecule has 0 N–H and O–H groups in total. The van der Waals surface area contributed by atoms with Crippen molar-refractivity contribution in [1.82, 2.24) is 0 Å². The van der Waals surface area contributed by atoms with E-state index in [1.807, 2.05) is 0 Å². The van der Waals surface area contributed by atoms with Crippen LogP contribution in [0.5, 0.6) is 0 Å². The Hall–Kier alpha value is 0.510. The Balaban J connectivity index is 2.86. The van der Waals surface area contributed by atoms with E-state index < -0.39 is 0 Å². The van der Waals surface area contributed by atoms with Gasteiger partial charge in [0.1, 0.15) is 0 Å². The molecule has 1 rings (SSSR count). The zero-order valence-electron chi connectivity index (χ0n) is 3.13. The van der Waals surface area contributed by atoms with Gasteiger partial charge in [-0.25, -0.2) is 0 Å². The van der Waals surface area contributed by atoms with Gasteiger partial charge in [-0.2, -0.15) is 0 Å². The van der Waals surface area contributed by atoms with E-state index in [0.29, 0.717) is 0 Å². The molecule has 0 saturated carbocycles. The molecule has 0 aromatic rings. The molecule has 0 amide bonds. The van der Waals surface area contributed by atoms with Gasteiger partial charge in [-0.05, 0) is 13.7 Å². The molecule has 30 valence electrons. The molecule has 1 atom stereocenters. The van der Waals surface area contributed by atoms with Gasteiger partial charge in [-0.15, -0.1) is 0 Å². The quantitative estimate of drug-likeness (QED) is 0.439. The summed E-state index contributed by atoms with van der Waals surface area (Å²) in [6.07, 6.45) is 0. The largest absolute Gasteiger partial charge is 0.168 e. The third-order valence-corrected chi connectivity index (χ3v) is 3.43. The van der Waals surface area contributed by atoms with E-state index in [1.54, 1.807) is 0 Å². The van der Waals surface area contributed by atoms with E-state index in [9.17, 15) is 0 Å². The lowest BCUT2D eigenvalue weighted by Gasteiger charge is -1.58. The van der Waals surface area contributed by atoms with Crippen LogP contribution < -0.4 is 0 Å². The van der Waals surface area contributed by atoms with Gasteiger partial charge in [0.15, 0.2) is 5.03 Å². The minimum absolute atomic E-state index is 1.37. The van der Waals surface area contributed by atoms with Crippen LogP contribution in [0.4, 0.5) is 0 Å². The van der Waals surface area contributed by atoms with Crippen LogP contribution in [0, 0.1) is 0 Å². The Labute approximate surface area is 42.4 Å². The molecule has 1 unspecified atom stereocenters. The van der Waals surface area contributed by atoms with Gasteiger partial charge in [0.2, 0.25) is 0 Å². The van der Waals surface area contributed by atoms with Gasteiger partial charge in [-0.1, -0.05) is 8.20 Å². The molecule has 1 aliphatic rings. The first-order valence-electron chi connectivity index (χ1n) is 1.58. The van der Waals surface area contributed by atoms with Gasteiger partial charge in [0.25, 0.3) is 0 Å². The second kappa shape index (κ2) is 1.99. The monoisotopic (exact) mass is 133 g/mol. The highest BCUT2D eigenvalue weighted by Crippen LogP contribution is 2.12. The fourth-order valence-electron chi connectivity index (χ4n) is 0.243. The van der Waals surface area contributed by atoms with Gasteiger partial charge in [0, 0.05) is 5.80 Å². The van der Waals surface area contributed by atoms with Crippen LogP contribution in [0.1, 0.15) is 0 Å². The Morgan fingerprint density at radius 1 is 1.67 bits per heavy atom. The lowest BCUT2D eigenvalue weighted by Crippen LogP contribution is -1.69. The van der Waals surface area contributed by atoms with E-state index in [-0.39, 0.29) is 0 Å². The summed E-state index contributed by atoms with van der Waals surface area (Å²) in [6, 6.07) is 0. The third kappa shape index (κ3) is 0.985. The molecule has 3 heteroatoms.